The normalized spacial score (nSPS) is 13.4. The minimum atomic E-state index is -0.304. The zero-order valence-corrected chi connectivity index (χ0v) is 12.0. The number of hydrogen-bond donors (Lipinski definition) is 2. The number of aliphatic imine (C=N–C) groups is 1. The first-order valence-electron chi connectivity index (χ1n) is 5.52. The van der Waals surface area contributed by atoms with Crippen molar-refractivity contribution in [2.45, 2.75) is 19.5 Å². The number of nitrogens with two attached hydrogens (primary N) is 1. The Bertz CT molecular complexity index is 426. The van der Waals surface area contributed by atoms with Crippen LogP contribution >= 0.6 is 15.9 Å². The second-order valence-electron chi connectivity index (χ2n) is 3.95. The molecule has 3 N–H and O–H groups in total. The highest BCUT2D eigenvalue weighted by Gasteiger charge is 2.03. The molecule has 0 radical (unpaired) electrons. The second-order valence-corrected chi connectivity index (χ2v) is 4.80. The molecule has 0 bridgehead atoms. The highest BCUT2D eigenvalue weighted by atomic mass is 79.9. The summed E-state index contributed by atoms with van der Waals surface area (Å²) in [7, 11) is 1.62. The van der Waals surface area contributed by atoms with E-state index in [1.54, 1.807) is 19.2 Å². The van der Waals surface area contributed by atoms with E-state index in [1.165, 1.54) is 6.07 Å². The number of rotatable bonds is 5. The van der Waals surface area contributed by atoms with E-state index in [0.717, 1.165) is 5.56 Å². The van der Waals surface area contributed by atoms with E-state index in [9.17, 15) is 4.39 Å². The Morgan fingerprint density at radius 1 is 1.61 bits per heavy atom. The first-order valence-corrected chi connectivity index (χ1v) is 6.31. The van der Waals surface area contributed by atoms with Crippen LogP contribution in [0.2, 0.25) is 0 Å². The summed E-state index contributed by atoms with van der Waals surface area (Å²) in [6.07, 6.45) is 0. The summed E-state index contributed by atoms with van der Waals surface area (Å²) in [5.74, 6) is 0.0184. The molecular weight excluding hydrogens is 301 g/mol. The average Bonchev–Trinajstić information content (AvgIpc) is 2.31. The van der Waals surface area contributed by atoms with Gasteiger partial charge in [0.2, 0.25) is 0 Å². The van der Waals surface area contributed by atoms with E-state index in [0.29, 0.717) is 23.6 Å². The van der Waals surface area contributed by atoms with Crippen LogP contribution in [-0.2, 0) is 11.3 Å². The molecule has 4 nitrogen and oxygen atoms in total. The third-order valence-electron chi connectivity index (χ3n) is 2.23. The van der Waals surface area contributed by atoms with Crippen LogP contribution in [0.15, 0.2) is 27.7 Å². The molecule has 1 unspecified atom stereocenters. The summed E-state index contributed by atoms with van der Waals surface area (Å²) in [6, 6.07) is 4.96. The molecular formula is C12H17BrFN3O. The van der Waals surface area contributed by atoms with E-state index < -0.39 is 0 Å². The molecule has 0 fully saturated rings. The predicted molar refractivity (Wildman–Crippen MR) is 73.9 cm³/mol. The fourth-order valence-electron chi connectivity index (χ4n) is 1.40. The molecule has 6 heteroatoms. The predicted octanol–water partition coefficient (Wildman–Crippen LogP) is 2.03. The molecule has 0 saturated heterocycles. The number of nitrogens with zero attached hydrogens (tertiary/aromatic N) is 1. The first kappa shape index (κ1) is 14.9. The Balaban J connectivity index is 2.54. The number of benzene rings is 1. The van der Waals surface area contributed by atoms with Crippen LogP contribution in [-0.4, -0.2) is 25.7 Å². The van der Waals surface area contributed by atoms with Gasteiger partial charge in [-0.2, -0.15) is 0 Å². The second kappa shape index (κ2) is 7.33. The zero-order chi connectivity index (χ0) is 13.5. The Kier molecular flexibility index (Phi) is 6.07. The van der Waals surface area contributed by atoms with Crippen LogP contribution in [0.5, 0.6) is 0 Å². The summed E-state index contributed by atoms with van der Waals surface area (Å²) in [4.78, 5) is 4.13. The van der Waals surface area contributed by atoms with E-state index in [2.05, 4.69) is 26.2 Å². The van der Waals surface area contributed by atoms with Gasteiger partial charge in [0.05, 0.1) is 17.6 Å². The summed E-state index contributed by atoms with van der Waals surface area (Å²) in [6.45, 7) is 2.82. The van der Waals surface area contributed by atoms with Crippen LogP contribution in [0.3, 0.4) is 0 Å². The Morgan fingerprint density at radius 3 is 2.94 bits per heavy atom. The van der Waals surface area contributed by atoms with Crippen LogP contribution in [0, 0.1) is 5.82 Å². The van der Waals surface area contributed by atoms with Crippen LogP contribution < -0.4 is 11.1 Å². The van der Waals surface area contributed by atoms with Gasteiger partial charge in [0.15, 0.2) is 5.96 Å². The third kappa shape index (κ3) is 5.01. The lowest BCUT2D eigenvalue weighted by molar-refractivity contribution is 0.179. The van der Waals surface area contributed by atoms with Gasteiger partial charge >= 0.3 is 0 Å². The van der Waals surface area contributed by atoms with Gasteiger partial charge in [-0.3, -0.25) is 0 Å². The zero-order valence-electron chi connectivity index (χ0n) is 10.4. The molecule has 0 aliphatic carbocycles. The Hall–Kier alpha value is -1.14. The van der Waals surface area contributed by atoms with Gasteiger partial charge in [-0.1, -0.05) is 6.07 Å². The van der Waals surface area contributed by atoms with Crippen molar-refractivity contribution in [3.63, 3.8) is 0 Å². The quantitative estimate of drug-likeness (QED) is 0.645. The number of ether oxygens (including phenoxy) is 1. The molecule has 0 spiro atoms. The van der Waals surface area contributed by atoms with Crippen molar-refractivity contribution in [1.29, 1.82) is 0 Å². The van der Waals surface area contributed by atoms with Crippen molar-refractivity contribution in [3.8, 4) is 0 Å². The number of methoxy groups -OCH3 is 1. The van der Waals surface area contributed by atoms with Crippen LogP contribution in [0.25, 0.3) is 0 Å². The standard InChI is InChI=1S/C12H17BrFN3O/c1-8(7-18-2)17-12(15)16-6-9-3-4-10(13)11(14)5-9/h3-5,8H,6-7H2,1-2H3,(H3,15,16,17). The minimum Gasteiger partial charge on any atom is -0.383 e. The molecule has 1 aromatic carbocycles. The van der Waals surface area contributed by atoms with Gasteiger partial charge < -0.3 is 15.8 Å². The maximum Gasteiger partial charge on any atom is 0.189 e. The smallest absolute Gasteiger partial charge is 0.189 e. The largest absolute Gasteiger partial charge is 0.383 e. The van der Waals surface area contributed by atoms with Crippen LogP contribution in [0.4, 0.5) is 4.39 Å². The van der Waals surface area contributed by atoms with Crippen LogP contribution in [0.1, 0.15) is 12.5 Å². The van der Waals surface area contributed by atoms with Crippen molar-refractivity contribution in [2.24, 2.45) is 10.7 Å². The van der Waals surface area contributed by atoms with Crippen molar-refractivity contribution in [3.05, 3.63) is 34.1 Å². The molecule has 0 amide bonds. The molecule has 100 valence electrons. The van der Waals surface area contributed by atoms with Gasteiger partial charge in [0.25, 0.3) is 0 Å². The maximum atomic E-state index is 13.3. The fraction of sp³-hybridized carbons (Fsp3) is 0.417. The number of hydrogen-bond acceptors (Lipinski definition) is 2. The van der Waals surface area contributed by atoms with Gasteiger partial charge in [-0.15, -0.1) is 0 Å². The summed E-state index contributed by atoms with van der Waals surface area (Å²) >= 11 is 3.10. The Labute approximate surface area is 115 Å². The van der Waals surface area contributed by atoms with Gasteiger partial charge in [-0.25, -0.2) is 9.38 Å². The molecule has 0 aromatic heterocycles. The number of nitrogens with one attached hydrogen (secondary N) is 1. The van der Waals surface area contributed by atoms with Crippen molar-refractivity contribution in [1.82, 2.24) is 5.32 Å². The molecule has 1 aromatic rings. The summed E-state index contributed by atoms with van der Waals surface area (Å²) in [5.41, 5.74) is 6.46. The van der Waals surface area contributed by atoms with Crippen molar-refractivity contribution in [2.75, 3.05) is 13.7 Å². The van der Waals surface area contributed by atoms with Gasteiger partial charge in [-0.05, 0) is 40.5 Å². The first-order chi connectivity index (χ1) is 8.52. The third-order valence-corrected chi connectivity index (χ3v) is 2.87. The molecule has 0 saturated carbocycles. The SMILES string of the molecule is COCC(C)NC(N)=NCc1ccc(Br)c(F)c1. The Morgan fingerprint density at radius 2 is 2.33 bits per heavy atom. The van der Waals surface area contributed by atoms with Crippen molar-refractivity contribution < 1.29 is 9.13 Å². The molecule has 18 heavy (non-hydrogen) atoms. The molecule has 0 heterocycles. The lowest BCUT2D eigenvalue weighted by Gasteiger charge is -2.13. The average molecular weight is 318 g/mol. The van der Waals surface area contributed by atoms with Crippen molar-refractivity contribution >= 4 is 21.9 Å². The maximum absolute atomic E-state index is 13.3. The monoisotopic (exact) mass is 317 g/mol. The van der Waals surface area contributed by atoms with E-state index >= 15 is 0 Å². The van der Waals surface area contributed by atoms with E-state index in [-0.39, 0.29) is 11.9 Å². The summed E-state index contributed by atoms with van der Waals surface area (Å²) < 4.78 is 18.7. The molecule has 0 aliphatic heterocycles. The fourth-order valence-corrected chi connectivity index (χ4v) is 1.65. The van der Waals surface area contributed by atoms with Gasteiger partial charge in [0.1, 0.15) is 5.82 Å². The number of halogens is 2. The lowest BCUT2D eigenvalue weighted by Crippen LogP contribution is -2.40. The lowest BCUT2D eigenvalue weighted by atomic mass is 10.2. The highest BCUT2D eigenvalue weighted by Crippen LogP contribution is 2.16. The highest BCUT2D eigenvalue weighted by molar-refractivity contribution is 9.10. The molecule has 1 atom stereocenters. The molecule has 0 aliphatic rings. The van der Waals surface area contributed by atoms with E-state index in [4.69, 9.17) is 10.5 Å². The minimum absolute atomic E-state index is 0.0837. The number of guanidine groups is 1. The van der Waals surface area contributed by atoms with E-state index in [1.807, 2.05) is 6.92 Å². The molecule has 1 rings (SSSR count). The topological polar surface area (TPSA) is 59.6 Å². The van der Waals surface area contributed by atoms with Gasteiger partial charge in [0, 0.05) is 13.2 Å². The summed E-state index contributed by atoms with van der Waals surface area (Å²) in [5, 5.41) is 2.98.